The number of carbonyl (C=O) groups excluding carboxylic acids is 2. The molecule has 0 saturated carbocycles. The molecule has 1 heterocycles. The lowest BCUT2D eigenvalue weighted by molar-refractivity contribution is -0.111. The van der Waals surface area contributed by atoms with Crippen molar-refractivity contribution in [2.24, 2.45) is 0 Å². The van der Waals surface area contributed by atoms with Crippen LogP contribution >= 0.6 is 0 Å². The molecule has 2 amide bonds. The molecule has 0 atom stereocenters. The molecule has 3 rings (SSSR count). The summed E-state index contributed by atoms with van der Waals surface area (Å²) in [6.45, 7) is 0.322. The molecule has 6 heteroatoms. The summed E-state index contributed by atoms with van der Waals surface area (Å²) >= 11 is 0. The van der Waals surface area contributed by atoms with E-state index in [4.69, 9.17) is 0 Å². The monoisotopic (exact) mass is 375 g/mol. The Labute approximate surface area is 161 Å². The van der Waals surface area contributed by atoms with E-state index < -0.39 is 0 Å². The van der Waals surface area contributed by atoms with Gasteiger partial charge in [-0.15, -0.1) is 0 Å². The zero-order chi connectivity index (χ0) is 19.8. The van der Waals surface area contributed by atoms with Gasteiger partial charge in [-0.25, -0.2) is 4.39 Å². The lowest BCUT2D eigenvalue weighted by atomic mass is 10.2. The largest absolute Gasteiger partial charge is 0.348 e. The quantitative estimate of drug-likeness (QED) is 0.644. The van der Waals surface area contributed by atoms with Crippen LogP contribution in [0, 0.1) is 5.82 Å². The van der Waals surface area contributed by atoms with Crippen molar-refractivity contribution in [3.63, 3.8) is 0 Å². The summed E-state index contributed by atoms with van der Waals surface area (Å²) in [6.07, 6.45) is 6.09. The van der Waals surface area contributed by atoms with Gasteiger partial charge < -0.3 is 10.6 Å². The number of rotatable bonds is 6. The molecule has 0 aliphatic rings. The summed E-state index contributed by atoms with van der Waals surface area (Å²) in [6, 6.07) is 16.4. The van der Waals surface area contributed by atoms with Crippen molar-refractivity contribution in [1.29, 1.82) is 0 Å². The molecule has 0 bridgehead atoms. The number of nitrogens with zero attached hydrogens (tertiary/aromatic N) is 1. The number of anilines is 1. The first-order valence-corrected chi connectivity index (χ1v) is 8.62. The number of aromatic nitrogens is 1. The van der Waals surface area contributed by atoms with Gasteiger partial charge >= 0.3 is 0 Å². The Morgan fingerprint density at radius 2 is 1.86 bits per heavy atom. The van der Waals surface area contributed by atoms with E-state index in [1.807, 2.05) is 6.07 Å². The fraction of sp³-hybridized carbons (Fsp3) is 0.0455. The van der Waals surface area contributed by atoms with Crippen molar-refractivity contribution in [1.82, 2.24) is 10.3 Å². The Kier molecular flexibility index (Phi) is 6.25. The lowest BCUT2D eigenvalue weighted by Crippen LogP contribution is -2.22. The fourth-order valence-electron chi connectivity index (χ4n) is 2.47. The Hall–Kier alpha value is -3.80. The third-order valence-corrected chi connectivity index (χ3v) is 3.87. The molecule has 0 fully saturated rings. The van der Waals surface area contributed by atoms with Crippen molar-refractivity contribution < 1.29 is 14.0 Å². The molecule has 5 nitrogen and oxygen atoms in total. The topological polar surface area (TPSA) is 71.1 Å². The van der Waals surface area contributed by atoms with Gasteiger partial charge in [-0.05, 0) is 53.6 Å². The minimum absolute atomic E-state index is 0.218. The zero-order valence-corrected chi connectivity index (χ0v) is 14.9. The van der Waals surface area contributed by atoms with Gasteiger partial charge in [0.1, 0.15) is 5.82 Å². The van der Waals surface area contributed by atoms with Crippen LogP contribution in [0.25, 0.3) is 6.08 Å². The highest BCUT2D eigenvalue weighted by molar-refractivity contribution is 6.02. The number of halogens is 1. The van der Waals surface area contributed by atoms with Crippen molar-refractivity contribution in [2.45, 2.75) is 6.54 Å². The van der Waals surface area contributed by atoms with Crippen LogP contribution < -0.4 is 10.6 Å². The number of amides is 2. The minimum atomic E-state index is -0.325. The zero-order valence-electron chi connectivity index (χ0n) is 14.9. The van der Waals surface area contributed by atoms with E-state index >= 15 is 0 Å². The first-order valence-electron chi connectivity index (χ1n) is 8.62. The van der Waals surface area contributed by atoms with Gasteiger partial charge in [0.25, 0.3) is 5.91 Å². The van der Waals surface area contributed by atoms with E-state index in [2.05, 4.69) is 15.6 Å². The van der Waals surface area contributed by atoms with Gasteiger partial charge in [0.05, 0.1) is 5.56 Å². The van der Waals surface area contributed by atoms with Crippen LogP contribution in [0.4, 0.5) is 10.1 Å². The van der Waals surface area contributed by atoms with Gasteiger partial charge in [0.2, 0.25) is 5.91 Å². The molecule has 140 valence electrons. The van der Waals surface area contributed by atoms with Crippen LogP contribution in [0.3, 0.4) is 0 Å². The van der Waals surface area contributed by atoms with Gasteiger partial charge in [-0.2, -0.15) is 0 Å². The highest BCUT2D eigenvalue weighted by Crippen LogP contribution is 2.11. The van der Waals surface area contributed by atoms with Crippen LogP contribution in [0.15, 0.2) is 79.1 Å². The smallest absolute Gasteiger partial charge is 0.253 e. The van der Waals surface area contributed by atoms with E-state index in [9.17, 15) is 14.0 Å². The van der Waals surface area contributed by atoms with Crippen molar-refractivity contribution in [2.75, 3.05) is 5.32 Å². The molecular formula is C22H18FN3O2. The number of carbonyl (C=O) groups is 2. The molecule has 0 aliphatic heterocycles. The average molecular weight is 375 g/mol. The SMILES string of the molecule is O=C(/C=C/c1ccc(F)cc1)Nc1cccc(CNC(=O)c2cccnc2)c1. The normalized spacial score (nSPS) is 10.6. The van der Waals surface area contributed by atoms with Crippen LogP contribution in [0.1, 0.15) is 21.5 Å². The highest BCUT2D eigenvalue weighted by atomic mass is 19.1. The molecule has 3 aromatic rings. The van der Waals surface area contributed by atoms with Crippen molar-refractivity contribution in [3.05, 3.63) is 102 Å². The molecule has 2 N–H and O–H groups in total. The molecule has 28 heavy (non-hydrogen) atoms. The molecule has 0 unspecified atom stereocenters. The van der Waals surface area contributed by atoms with Gasteiger partial charge in [0.15, 0.2) is 0 Å². The standard InChI is InChI=1S/C22H18FN3O2/c23-19-9-6-16(7-10-19)8-11-21(27)26-20-5-1-3-17(13-20)14-25-22(28)18-4-2-12-24-15-18/h1-13,15H,14H2,(H,25,28)(H,26,27)/b11-8+. The highest BCUT2D eigenvalue weighted by Gasteiger charge is 2.05. The summed E-state index contributed by atoms with van der Waals surface area (Å²) < 4.78 is 12.9. The average Bonchev–Trinajstić information content (AvgIpc) is 2.72. The number of hydrogen-bond donors (Lipinski definition) is 2. The van der Waals surface area contributed by atoms with E-state index in [1.165, 1.54) is 24.4 Å². The van der Waals surface area contributed by atoms with Crippen LogP contribution in [0.2, 0.25) is 0 Å². The first kappa shape index (κ1) is 19.0. The van der Waals surface area contributed by atoms with Crippen molar-refractivity contribution >= 4 is 23.6 Å². The van der Waals surface area contributed by atoms with Gasteiger partial charge in [-0.1, -0.05) is 24.3 Å². The molecular weight excluding hydrogens is 357 g/mol. The van der Waals surface area contributed by atoms with Crippen LogP contribution in [-0.2, 0) is 11.3 Å². The second-order valence-corrected chi connectivity index (χ2v) is 6.00. The first-order chi connectivity index (χ1) is 13.6. The molecule has 1 aromatic heterocycles. The van der Waals surface area contributed by atoms with E-state index in [0.717, 1.165) is 11.1 Å². The second-order valence-electron chi connectivity index (χ2n) is 6.00. The van der Waals surface area contributed by atoms with Crippen molar-refractivity contribution in [3.8, 4) is 0 Å². The van der Waals surface area contributed by atoms with E-state index in [-0.39, 0.29) is 17.6 Å². The molecule has 2 aromatic carbocycles. The fourth-order valence-corrected chi connectivity index (χ4v) is 2.47. The summed E-state index contributed by atoms with van der Waals surface area (Å²) in [5, 5.41) is 5.57. The summed E-state index contributed by atoms with van der Waals surface area (Å²) in [7, 11) is 0. The Balaban J connectivity index is 1.56. The maximum atomic E-state index is 12.9. The number of pyridine rings is 1. The second kappa shape index (κ2) is 9.23. The minimum Gasteiger partial charge on any atom is -0.348 e. The predicted octanol–water partition coefficient (Wildman–Crippen LogP) is 3.80. The number of benzene rings is 2. The third kappa shape index (κ3) is 5.60. The predicted molar refractivity (Wildman–Crippen MR) is 106 cm³/mol. The Morgan fingerprint density at radius 1 is 1.04 bits per heavy atom. The summed E-state index contributed by atoms with van der Waals surface area (Å²) in [4.78, 5) is 28.1. The van der Waals surface area contributed by atoms with Gasteiger partial charge in [0, 0.05) is 30.7 Å². The number of nitrogens with one attached hydrogen (secondary N) is 2. The molecule has 0 saturated heterocycles. The lowest BCUT2D eigenvalue weighted by Gasteiger charge is -2.08. The van der Waals surface area contributed by atoms with E-state index in [0.29, 0.717) is 17.8 Å². The Bertz CT molecular complexity index is 986. The molecule has 0 spiro atoms. The maximum absolute atomic E-state index is 12.9. The summed E-state index contributed by atoms with van der Waals surface area (Å²) in [5.41, 5.74) is 2.67. The third-order valence-electron chi connectivity index (χ3n) is 3.87. The summed E-state index contributed by atoms with van der Waals surface area (Å²) in [5.74, 6) is -0.848. The maximum Gasteiger partial charge on any atom is 0.253 e. The van der Waals surface area contributed by atoms with Crippen LogP contribution in [-0.4, -0.2) is 16.8 Å². The van der Waals surface area contributed by atoms with Crippen LogP contribution in [0.5, 0.6) is 0 Å². The molecule has 0 aliphatic carbocycles. The van der Waals surface area contributed by atoms with E-state index in [1.54, 1.807) is 54.7 Å². The number of hydrogen-bond acceptors (Lipinski definition) is 3. The molecule has 0 radical (unpaired) electrons. The Morgan fingerprint density at radius 3 is 2.61 bits per heavy atom. The van der Waals surface area contributed by atoms with Gasteiger partial charge in [-0.3, -0.25) is 14.6 Å².